The average Bonchev–Trinajstić information content (AvgIpc) is 2.80. The quantitative estimate of drug-likeness (QED) is 0.763. The smallest absolute Gasteiger partial charge is 0.227 e. The Bertz CT molecular complexity index is 419. The summed E-state index contributed by atoms with van der Waals surface area (Å²) in [4.78, 5) is 24.9. The first-order chi connectivity index (χ1) is 8.22. The minimum Gasteiger partial charge on any atom is -0.359 e. The Balaban J connectivity index is 2.36. The maximum absolute atomic E-state index is 12.6. The summed E-state index contributed by atoms with van der Waals surface area (Å²) in [6.07, 6.45) is 2.30. The number of ketones is 1. The summed E-state index contributed by atoms with van der Waals surface area (Å²) in [7, 11) is 1.66. The standard InChI is InChI=1S/C15H23NO2/c1-9-7-15(13(18)16-5)8-10(9)6-11(15)12(17)14(2,3)4/h10-11H,1,6-8H2,2-5H3,(H,16,18)/t10-,11-,15+/m0/s1. The molecule has 0 heterocycles. The van der Waals surface area contributed by atoms with E-state index in [0.717, 1.165) is 18.4 Å². The molecule has 0 aromatic rings. The van der Waals surface area contributed by atoms with E-state index < -0.39 is 5.41 Å². The number of carbonyl (C=O) groups is 2. The Morgan fingerprint density at radius 3 is 2.44 bits per heavy atom. The van der Waals surface area contributed by atoms with E-state index in [1.807, 2.05) is 20.8 Å². The summed E-state index contributed by atoms with van der Waals surface area (Å²) >= 11 is 0. The molecule has 2 fully saturated rings. The van der Waals surface area contributed by atoms with Gasteiger partial charge >= 0.3 is 0 Å². The number of hydrogen-bond acceptors (Lipinski definition) is 2. The van der Waals surface area contributed by atoms with E-state index in [1.54, 1.807) is 7.05 Å². The van der Waals surface area contributed by atoms with Gasteiger partial charge in [-0.05, 0) is 25.2 Å². The van der Waals surface area contributed by atoms with Gasteiger partial charge in [0.1, 0.15) is 5.78 Å². The molecular formula is C15H23NO2. The van der Waals surface area contributed by atoms with E-state index in [9.17, 15) is 9.59 Å². The highest BCUT2D eigenvalue weighted by Crippen LogP contribution is 2.61. The average molecular weight is 249 g/mol. The van der Waals surface area contributed by atoms with Gasteiger partial charge < -0.3 is 5.32 Å². The van der Waals surface area contributed by atoms with Crippen LogP contribution < -0.4 is 5.32 Å². The van der Waals surface area contributed by atoms with Crippen LogP contribution in [-0.4, -0.2) is 18.7 Å². The lowest BCUT2D eigenvalue weighted by molar-refractivity contribution is -0.143. The van der Waals surface area contributed by atoms with Crippen molar-refractivity contribution >= 4 is 11.7 Å². The zero-order valence-corrected chi connectivity index (χ0v) is 11.8. The predicted molar refractivity (Wildman–Crippen MR) is 70.9 cm³/mol. The molecular weight excluding hydrogens is 226 g/mol. The number of hydrogen-bond donors (Lipinski definition) is 1. The molecule has 1 N–H and O–H groups in total. The summed E-state index contributed by atoms with van der Waals surface area (Å²) in [6.45, 7) is 9.88. The highest BCUT2D eigenvalue weighted by Gasteiger charge is 2.61. The third-order valence-corrected chi connectivity index (χ3v) is 4.65. The Morgan fingerprint density at radius 2 is 2.00 bits per heavy atom. The van der Waals surface area contributed by atoms with Crippen molar-refractivity contribution in [2.24, 2.45) is 22.7 Å². The molecule has 1 amide bonds. The number of Topliss-reactive ketones (excluding diaryl/α,β-unsaturated/α-hetero) is 1. The van der Waals surface area contributed by atoms with Crippen LogP contribution in [0, 0.1) is 22.7 Å². The number of rotatable bonds is 2. The van der Waals surface area contributed by atoms with Gasteiger partial charge in [-0.1, -0.05) is 32.9 Å². The van der Waals surface area contributed by atoms with Crippen LogP contribution in [-0.2, 0) is 9.59 Å². The van der Waals surface area contributed by atoms with Crippen molar-refractivity contribution in [3.05, 3.63) is 12.2 Å². The fourth-order valence-corrected chi connectivity index (χ4v) is 3.69. The molecule has 2 rings (SSSR count). The first-order valence-electron chi connectivity index (χ1n) is 6.66. The van der Waals surface area contributed by atoms with Crippen LogP contribution in [0.1, 0.15) is 40.0 Å². The Hall–Kier alpha value is -1.12. The summed E-state index contributed by atoms with van der Waals surface area (Å²) in [5.74, 6) is 0.471. The first-order valence-corrected chi connectivity index (χ1v) is 6.66. The molecule has 0 spiro atoms. The molecule has 0 aromatic carbocycles. The van der Waals surface area contributed by atoms with Crippen LogP contribution in [0.5, 0.6) is 0 Å². The summed E-state index contributed by atoms with van der Waals surface area (Å²) in [5, 5.41) is 2.75. The molecule has 2 bridgehead atoms. The SMILES string of the molecule is C=C1C[C@@]2(C(=O)NC)C[C@@H]1C[C@H]2C(=O)C(C)(C)C. The summed E-state index contributed by atoms with van der Waals surface area (Å²) in [6, 6.07) is 0. The molecule has 0 unspecified atom stereocenters. The molecule has 0 radical (unpaired) electrons. The van der Waals surface area contributed by atoms with Crippen LogP contribution >= 0.6 is 0 Å². The highest BCUT2D eigenvalue weighted by atomic mass is 16.2. The van der Waals surface area contributed by atoms with Crippen LogP contribution in [0.2, 0.25) is 0 Å². The third-order valence-electron chi connectivity index (χ3n) is 4.65. The maximum atomic E-state index is 12.6. The Morgan fingerprint density at radius 1 is 1.39 bits per heavy atom. The zero-order chi connectivity index (χ0) is 13.7. The number of nitrogens with one attached hydrogen (secondary N) is 1. The molecule has 2 aliphatic rings. The zero-order valence-electron chi connectivity index (χ0n) is 11.8. The molecule has 3 nitrogen and oxygen atoms in total. The van der Waals surface area contributed by atoms with E-state index in [0.29, 0.717) is 12.3 Å². The molecule has 0 saturated heterocycles. The highest BCUT2D eigenvalue weighted by molar-refractivity contribution is 5.95. The van der Waals surface area contributed by atoms with Crippen LogP contribution in [0.4, 0.5) is 0 Å². The summed E-state index contributed by atoms with van der Waals surface area (Å²) < 4.78 is 0. The second kappa shape index (κ2) is 3.94. The van der Waals surface area contributed by atoms with Gasteiger partial charge in [0.05, 0.1) is 5.41 Å². The number of fused-ring (bicyclic) bond motifs is 2. The third kappa shape index (κ3) is 1.72. The predicted octanol–water partition coefficient (Wildman–Crippen LogP) is 2.32. The summed E-state index contributed by atoms with van der Waals surface area (Å²) in [5.41, 5.74) is 0.259. The van der Waals surface area contributed by atoms with Crippen LogP contribution in [0.3, 0.4) is 0 Å². The molecule has 3 atom stereocenters. The van der Waals surface area contributed by atoms with Gasteiger partial charge in [-0.2, -0.15) is 0 Å². The van der Waals surface area contributed by atoms with Gasteiger partial charge in [0.2, 0.25) is 5.91 Å². The fraction of sp³-hybridized carbons (Fsp3) is 0.733. The lowest BCUT2D eigenvalue weighted by atomic mass is 9.66. The largest absolute Gasteiger partial charge is 0.359 e. The van der Waals surface area contributed by atoms with Gasteiger partial charge in [-0.3, -0.25) is 9.59 Å². The molecule has 2 saturated carbocycles. The van der Waals surface area contributed by atoms with Crippen molar-refractivity contribution in [3.63, 3.8) is 0 Å². The van der Waals surface area contributed by atoms with Gasteiger partial charge in [-0.15, -0.1) is 0 Å². The van der Waals surface area contributed by atoms with Crippen molar-refractivity contribution in [2.45, 2.75) is 40.0 Å². The van der Waals surface area contributed by atoms with Gasteiger partial charge in [0.25, 0.3) is 0 Å². The van der Waals surface area contributed by atoms with E-state index in [4.69, 9.17) is 0 Å². The van der Waals surface area contributed by atoms with Gasteiger partial charge in [0, 0.05) is 18.4 Å². The van der Waals surface area contributed by atoms with Gasteiger partial charge in [-0.25, -0.2) is 0 Å². The van der Waals surface area contributed by atoms with Crippen molar-refractivity contribution in [1.82, 2.24) is 5.32 Å². The normalized spacial score (nSPS) is 34.8. The topological polar surface area (TPSA) is 46.2 Å². The van der Waals surface area contributed by atoms with Crippen LogP contribution in [0.25, 0.3) is 0 Å². The maximum Gasteiger partial charge on any atom is 0.227 e. The molecule has 3 heteroatoms. The van der Waals surface area contributed by atoms with E-state index in [-0.39, 0.29) is 23.0 Å². The van der Waals surface area contributed by atoms with Crippen molar-refractivity contribution in [3.8, 4) is 0 Å². The van der Waals surface area contributed by atoms with Gasteiger partial charge in [0.15, 0.2) is 0 Å². The molecule has 2 aliphatic carbocycles. The van der Waals surface area contributed by atoms with E-state index in [1.165, 1.54) is 0 Å². The molecule has 0 aromatic heterocycles. The lowest BCUT2D eigenvalue weighted by Crippen LogP contribution is -2.47. The second-order valence-corrected chi connectivity index (χ2v) is 6.87. The minimum absolute atomic E-state index is 0.0197. The number of amides is 1. The monoisotopic (exact) mass is 249 g/mol. The molecule has 100 valence electrons. The Kier molecular flexibility index (Phi) is 2.91. The number of carbonyl (C=O) groups excluding carboxylic acids is 2. The van der Waals surface area contributed by atoms with Crippen molar-refractivity contribution in [2.75, 3.05) is 7.05 Å². The fourth-order valence-electron chi connectivity index (χ4n) is 3.69. The Labute approximate surface area is 109 Å². The first kappa shape index (κ1) is 13.3. The molecule has 0 aliphatic heterocycles. The van der Waals surface area contributed by atoms with Crippen molar-refractivity contribution in [1.29, 1.82) is 0 Å². The lowest BCUT2D eigenvalue weighted by Gasteiger charge is -2.36. The van der Waals surface area contributed by atoms with E-state index in [2.05, 4.69) is 11.9 Å². The van der Waals surface area contributed by atoms with Crippen LogP contribution in [0.15, 0.2) is 12.2 Å². The van der Waals surface area contributed by atoms with Crippen molar-refractivity contribution < 1.29 is 9.59 Å². The molecule has 18 heavy (non-hydrogen) atoms. The van der Waals surface area contributed by atoms with E-state index >= 15 is 0 Å². The minimum atomic E-state index is -0.513. The second-order valence-electron chi connectivity index (χ2n) is 6.87. The number of allylic oxidation sites excluding steroid dienone is 1.